The molecule has 3 nitrogen and oxygen atoms in total. The minimum absolute atomic E-state index is 0.0203. The molecule has 3 aromatic carbocycles. The Hall–Kier alpha value is -2.43. The fraction of sp³-hybridized carbons (Fsp3) is 0.240. The van der Waals surface area contributed by atoms with Crippen molar-refractivity contribution in [3.63, 3.8) is 0 Å². The van der Waals surface area contributed by atoms with Gasteiger partial charge in [0.25, 0.3) is 0 Å². The maximum atomic E-state index is 13.2. The third-order valence-electron chi connectivity index (χ3n) is 5.41. The number of nitrogens with one attached hydrogen (secondary N) is 1. The molecule has 30 heavy (non-hydrogen) atoms. The molecule has 4 rings (SSSR count). The first kappa shape index (κ1) is 20.8. The number of benzene rings is 3. The van der Waals surface area contributed by atoms with Crippen LogP contribution in [0.25, 0.3) is 0 Å². The largest absolute Gasteiger partial charge is 0.327 e. The third-order valence-corrected chi connectivity index (χ3v) is 7.07. The van der Waals surface area contributed by atoms with Crippen molar-refractivity contribution in [2.75, 3.05) is 18.8 Å². The first-order valence-electron chi connectivity index (χ1n) is 10.2. The molecule has 1 unspecified atom stereocenters. The molecule has 3 aromatic rings. The molecule has 0 aliphatic carbocycles. The minimum Gasteiger partial charge on any atom is -0.327 e. The van der Waals surface area contributed by atoms with Crippen molar-refractivity contribution in [3.05, 3.63) is 107 Å². The Bertz CT molecular complexity index is 928. The maximum absolute atomic E-state index is 13.2. The molecule has 0 aromatic heterocycles. The average Bonchev–Trinajstić information content (AvgIpc) is 3.05. The number of thioether (sulfide) groups is 1. The first-order valence-corrected chi connectivity index (χ1v) is 11.7. The van der Waals surface area contributed by atoms with Crippen LogP contribution in [0.1, 0.15) is 34.4 Å². The van der Waals surface area contributed by atoms with E-state index in [4.69, 9.17) is 11.6 Å². The first-order chi connectivity index (χ1) is 14.7. The van der Waals surface area contributed by atoms with Gasteiger partial charge in [-0.05, 0) is 29.2 Å². The van der Waals surface area contributed by atoms with Gasteiger partial charge in [0, 0.05) is 29.1 Å². The Morgan fingerprint density at radius 1 is 0.900 bits per heavy atom. The fourth-order valence-corrected chi connectivity index (χ4v) is 5.42. The van der Waals surface area contributed by atoms with Crippen LogP contribution in [0.15, 0.2) is 84.9 Å². The van der Waals surface area contributed by atoms with E-state index in [0.29, 0.717) is 11.8 Å². The van der Waals surface area contributed by atoms with Gasteiger partial charge in [0.1, 0.15) is 0 Å². The number of carbonyl (C=O) groups excluding carboxylic acids is 1. The lowest BCUT2D eigenvalue weighted by atomic mass is 9.99. The van der Waals surface area contributed by atoms with E-state index in [1.54, 1.807) is 0 Å². The van der Waals surface area contributed by atoms with Crippen molar-refractivity contribution < 1.29 is 4.79 Å². The number of hydrogen-bond acceptors (Lipinski definition) is 2. The Morgan fingerprint density at radius 3 is 2.13 bits per heavy atom. The van der Waals surface area contributed by atoms with Gasteiger partial charge in [-0.3, -0.25) is 0 Å². The van der Waals surface area contributed by atoms with E-state index >= 15 is 0 Å². The molecule has 1 aliphatic heterocycles. The number of halogens is 1. The van der Waals surface area contributed by atoms with Crippen molar-refractivity contribution in [2.24, 2.45) is 0 Å². The summed E-state index contributed by atoms with van der Waals surface area (Å²) in [6.45, 7) is 1.44. The molecule has 0 spiro atoms. The summed E-state index contributed by atoms with van der Waals surface area (Å²) in [5.41, 5.74) is 3.32. The summed E-state index contributed by atoms with van der Waals surface area (Å²) < 4.78 is 0. The van der Waals surface area contributed by atoms with Crippen molar-refractivity contribution in [1.82, 2.24) is 10.2 Å². The highest BCUT2D eigenvalue weighted by atomic mass is 35.5. The molecule has 1 saturated heterocycles. The highest BCUT2D eigenvalue weighted by Gasteiger charge is 2.25. The van der Waals surface area contributed by atoms with Crippen LogP contribution in [0.5, 0.6) is 0 Å². The summed E-state index contributed by atoms with van der Waals surface area (Å²) in [5.74, 6) is 0.894. The quantitative estimate of drug-likeness (QED) is 0.519. The van der Waals surface area contributed by atoms with Crippen LogP contribution in [-0.2, 0) is 0 Å². The molecule has 0 saturated carbocycles. The van der Waals surface area contributed by atoms with Crippen molar-refractivity contribution >= 4 is 29.4 Å². The maximum Gasteiger partial charge on any atom is 0.318 e. The van der Waals surface area contributed by atoms with Crippen molar-refractivity contribution in [3.8, 4) is 0 Å². The normalized spacial score (nSPS) is 16.9. The zero-order chi connectivity index (χ0) is 20.8. The van der Waals surface area contributed by atoms with Gasteiger partial charge in [0.05, 0.1) is 6.04 Å². The van der Waals surface area contributed by atoms with E-state index in [9.17, 15) is 4.79 Å². The Morgan fingerprint density at radius 2 is 1.50 bits per heavy atom. The fourth-order valence-electron chi connectivity index (χ4n) is 3.82. The van der Waals surface area contributed by atoms with Crippen LogP contribution in [0.2, 0.25) is 5.02 Å². The van der Waals surface area contributed by atoms with Gasteiger partial charge in [-0.2, -0.15) is 11.8 Å². The molecule has 1 fully saturated rings. The van der Waals surface area contributed by atoms with Crippen LogP contribution in [0.4, 0.5) is 4.79 Å². The summed E-state index contributed by atoms with van der Waals surface area (Å²) in [5, 5.41) is 4.39. The van der Waals surface area contributed by atoms with Gasteiger partial charge >= 0.3 is 6.03 Å². The molecule has 0 radical (unpaired) electrons. The van der Waals surface area contributed by atoms with Crippen molar-refractivity contribution in [2.45, 2.75) is 17.7 Å². The highest BCUT2D eigenvalue weighted by Crippen LogP contribution is 2.37. The van der Waals surface area contributed by atoms with Gasteiger partial charge in [-0.1, -0.05) is 90.5 Å². The number of nitrogens with zero attached hydrogens (tertiary/aromatic N) is 1. The molecule has 2 amide bonds. The lowest BCUT2D eigenvalue weighted by molar-refractivity contribution is 0.198. The monoisotopic (exact) mass is 436 g/mol. The SMILES string of the molecule is O=C(NC(c1ccccc1)c1ccccc1)N1CCSC(c2ccccc2Cl)CC1. The van der Waals surface area contributed by atoms with Crippen molar-refractivity contribution in [1.29, 1.82) is 0 Å². The number of carbonyl (C=O) groups is 1. The summed E-state index contributed by atoms with van der Waals surface area (Å²) in [4.78, 5) is 15.1. The van der Waals surface area contributed by atoms with Crippen LogP contribution in [0.3, 0.4) is 0 Å². The summed E-state index contributed by atoms with van der Waals surface area (Å²) in [6, 6.07) is 28.1. The van der Waals surface area contributed by atoms with Gasteiger partial charge in [0.15, 0.2) is 0 Å². The van der Waals surface area contributed by atoms with E-state index in [0.717, 1.165) is 40.4 Å². The zero-order valence-corrected chi connectivity index (χ0v) is 18.3. The Kier molecular flexibility index (Phi) is 6.98. The molecular formula is C25H25ClN2OS. The standard InChI is InChI=1S/C25H25ClN2OS/c26-22-14-8-7-13-21(22)23-15-16-28(17-18-30-23)25(29)27-24(19-9-3-1-4-10-19)20-11-5-2-6-12-20/h1-14,23-24H,15-18H2,(H,27,29). The predicted octanol–water partition coefficient (Wildman–Crippen LogP) is 6.32. The third kappa shape index (κ3) is 5.00. The van der Waals surface area contributed by atoms with Gasteiger partial charge < -0.3 is 10.2 Å². The Labute approximate surface area is 187 Å². The van der Waals surface area contributed by atoms with E-state index in [-0.39, 0.29) is 12.1 Å². The second kappa shape index (κ2) is 10.1. The van der Waals surface area contributed by atoms with Crippen LogP contribution >= 0.6 is 23.4 Å². The topological polar surface area (TPSA) is 32.3 Å². The lowest BCUT2D eigenvalue weighted by Crippen LogP contribution is -2.43. The molecule has 1 heterocycles. The molecule has 154 valence electrons. The van der Waals surface area contributed by atoms with Gasteiger partial charge in [-0.15, -0.1) is 0 Å². The molecule has 5 heteroatoms. The van der Waals surface area contributed by atoms with Crippen LogP contribution < -0.4 is 5.32 Å². The number of hydrogen-bond donors (Lipinski definition) is 1. The zero-order valence-electron chi connectivity index (χ0n) is 16.7. The molecule has 0 bridgehead atoms. The number of urea groups is 1. The predicted molar refractivity (Wildman–Crippen MR) is 126 cm³/mol. The summed E-state index contributed by atoms with van der Waals surface area (Å²) in [6.07, 6.45) is 0.892. The number of amides is 2. The van der Waals surface area contributed by atoms with E-state index < -0.39 is 0 Å². The summed E-state index contributed by atoms with van der Waals surface area (Å²) >= 11 is 8.29. The van der Waals surface area contributed by atoms with Gasteiger partial charge in [0.2, 0.25) is 0 Å². The second-order valence-corrected chi connectivity index (χ2v) is 9.08. The smallest absolute Gasteiger partial charge is 0.318 e. The molecule has 1 N–H and O–H groups in total. The minimum atomic E-state index is -0.171. The van der Waals surface area contributed by atoms with Crippen LogP contribution in [0, 0.1) is 0 Å². The van der Waals surface area contributed by atoms with Gasteiger partial charge in [-0.25, -0.2) is 4.79 Å². The van der Waals surface area contributed by atoms with E-state index in [2.05, 4.69) is 35.6 Å². The molecular weight excluding hydrogens is 412 g/mol. The number of rotatable bonds is 4. The summed E-state index contributed by atoms with van der Waals surface area (Å²) in [7, 11) is 0. The Balaban J connectivity index is 1.47. The average molecular weight is 437 g/mol. The molecule has 1 atom stereocenters. The highest BCUT2D eigenvalue weighted by molar-refractivity contribution is 7.99. The second-order valence-electron chi connectivity index (χ2n) is 7.36. The van der Waals surface area contributed by atoms with Crippen LogP contribution in [-0.4, -0.2) is 29.8 Å². The lowest BCUT2D eigenvalue weighted by Gasteiger charge is -2.26. The van der Waals surface area contributed by atoms with E-state index in [1.807, 2.05) is 71.3 Å². The molecule has 1 aliphatic rings. The van der Waals surface area contributed by atoms with E-state index in [1.165, 1.54) is 0 Å².